The van der Waals surface area contributed by atoms with E-state index in [1.807, 2.05) is 54.6 Å². The van der Waals surface area contributed by atoms with Crippen LogP contribution in [0.25, 0.3) is 11.1 Å². The van der Waals surface area contributed by atoms with Crippen molar-refractivity contribution in [1.82, 2.24) is 4.98 Å². The molecular weight excluding hydrogens is 530 g/mol. The molecule has 1 aliphatic rings. The quantitative estimate of drug-likeness (QED) is 0.367. The fourth-order valence-corrected chi connectivity index (χ4v) is 3.36. The molecule has 0 fully saturated rings. The van der Waals surface area contributed by atoms with Crippen LogP contribution in [-0.4, -0.2) is 21.0 Å². The largest absolute Gasteiger partial charge is 0.512 e. The Morgan fingerprint density at radius 2 is 1.39 bits per heavy atom. The van der Waals surface area contributed by atoms with Gasteiger partial charge in [0.1, 0.15) is 0 Å². The van der Waals surface area contributed by atoms with E-state index in [4.69, 9.17) is 5.11 Å². The number of hydrogen-bond acceptors (Lipinski definition) is 4. The third-order valence-corrected chi connectivity index (χ3v) is 4.37. The van der Waals surface area contributed by atoms with Gasteiger partial charge in [0.2, 0.25) is 0 Å². The molecule has 1 aromatic heterocycles. The van der Waals surface area contributed by atoms with Crippen molar-refractivity contribution in [2.24, 2.45) is 0 Å². The minimum Gasteiger partial charge on any atom is -0.512 e. The molecule has 0 saturated carbocycles. The Bertz CT molecular complexity index is 950. The van der Waals surface area contributed by atoms with Gasteiger partial charge in [0.15, 0.2) is 11.4 Å². The van der Waals surface area contributed by atoms with Crippen LogP contribution in [0.15, 0.2) is 84.8 Å². The van der Waals surface area contributed by atoms with Crippen molar-refractivity contribution in [1.29, 1.82) is 0 Å². The summed E-state index contributed by atoms with van der Waals surface area (Å²) in [5, 5.41) is 19.8. The summed E-state index contributed by atoms with van der Waals surface area (Å²) in [5.74, 6) is -0.0625. The Morgan fingerprint density at radius 3 is 1.79 bits per heavy atom. The van der Waals surface area contributed by atoms with E-state index in [1.54, 1.807) is 6.20 Å². The molecule has 0 unspecified atom stereocenters. The van der Waals surface area contributed by atoms with Crippen LogP contribution in [0.1, 0.15) is 30.7 Å². The average Bonchev–Trinajstić information content (AvgIpc) is 2.93. The summed E-state index contributed by atoms with van der Waals surface area (Å²) >= 11 is 0. The zero-order chi connectivity index (χ0) is 19.4. The van der Waals surface area contributed by atoms with Gasteiger partial charge in [0, 0.05) is 43.5 Å². The van der Waals surface area contributed by atoms with Crippen molar-refractivity contribution >= 4 is 5.78 Å². The van der Waals surface area contributed by atoms with Crippen molar-refractivity contribution in [3.8, 4) is 11.1 Å². The molecule has 3 aromatic rings. The maximum absolute atomic E-state index is 11.4. The molecular formula is C23H21IrNO3. The van der Waals surface area contributed by atoms with Crippen molar-refractivity contribution < 1.29 is 35.1 Å². The van der Waals surface area contributed by atoms with E-state index in [1.165, 1.54) is 19.9 Å². The Labute approximate surface area is 177 Å². The molecule has 0 aliphatic heterocycles. The summed E-state index contributed by atoms with van der Waals surface area (Å²) < 4.78 is 0. The van der Waals surface area contributed by atoms with Crippen LogP contribution in [0.2, 0.25) is 0 Å². The van der Waals surface area contributed by atoms with Gasteiger partial charge in [-0.25, -0.2) is 0 Å². The Balaban J connectivity index is 0.000000306. The molecule has 4 nitrogen and oxygen atoms in total. The Hall–Kier alpha value is -2.59. The second-order valence-corrected chi connectivity index (χ2v) is 6.41. The number of nitrogens with zero attached hydrogens (tertiary/aromatic N) is 1. The molecule has 28 heavy (non-hydrogen) atoms. The maximum atomic E-state index is 11.4. The molecule has 0 amide bonds. The third kappa shape index (κ3) is 4.12. The first kappa shape index (κ1) is 21.7. The van der Waals surface area contributed by atoms with Gasteiger partial charge in [-0.15, -0.1) is 0 Å². The topological polar surface area (TPSA) is 70.4 Å². The minimum absolute atomic E-state index is 0. The molecule has 4 rings (SSSR count). The standard InChI is InChI=1S/C18H13NO.C5H8O2.Ir/c20-18(17-11-5-6-12-19-17)15-9-3-1-7-13(15)14-8-2-4-10-16(14)18;1-4(6)3-5(2)7;/h1-12,20H;3,6H,1-2H3;. The molecule has 145 valence electrons. The first-order valence-electron chi connectivity index (χ1n) is 8.65. The van der Waals surface area contributed by atoms with Crippen LogP contribution < -0.4 is 0 Å². The number of allylic oxidation sites excluding steroid dienone is 2. The predicted molar refractivity (Wildman–Crippen MR) is 105 cm³/mol. The van der Waals surface area contributed by atoms with Crippen LogP contribution in [0.3, 0.4) is 0 Å². The van der Waals surface area contributed by atoms with Gasteiger partial charge in [-0.05, 0) is 37.1 Å². The second-order valence-electron chi connectivity index (χ2n) is 6.41. The SMILES string of the molecule is CC(=O)C=C(C)O.OC1(c2ccccn2)c2ccccc2-c2ccccc21.[Ir]. The minimum atomic E-state index is -1.16. The van der Waals surface area contributed by atoms with E-state index in [9.17, 15) is 9.90 Å². The van der Waals surface area contributed by atoms with Crippen LogP contribution >= 0.6 is 0 Å². The molecule has 5 heteroatoms. The number of ketones is 1. The van der Waals surface area contributed by atoms with Crippen LogP contribution in [0.5, 0.6) is 0 Å². The monoisotopic (exact) mass is 552 g/mol. The number of benzene rings is 2. The number of aliphatic hydroxyl groups excluding tert-OH is 1. The van der Waals surface area contributed by atoms with Crippen LogP contribution in [0.4, 0.5) is 0 Å². The second kappa shape index (κ2) is 9.07. The zero-order valence-corrected chi connectivity index (χ0v) is 18.0. The molecule has 1 heterocycles. The van der Waals surface area contributed by atoms with Crippen molar-refractivity contribution in [3.63, 3.8) is 0 Å². The smallest absolute Gasteiger partial charge is 0.158 e. The fraction of sp³-hybridized carbons (Fsp3) is 0.130. The number of aliphatic hydroxyl groups is 2. The number of pyridine rings is 1. The number of rotatable bonds is 2. The Kier molecular flexibility index (Phi) is 7.03. The van der Waals surface area contributed by atoms with Crippen molar-refractivity contribution in [3.05, 3.63) is 102 Å². The average molecular weight is 552 g/mol. The normalized spacial score (nSPS) is 13.3. The van der Waals surface area contributed by atoms with Gasteiger partial charge in [-0.1, -0.05) is 54.6 Å². The maximum Gasteiger partial charge on any atom is 0.158 e. The fourth-order valence-electron chi connectivity index (χ4n) is 3.36. The molecule has 2 aromatic carbocycles. The molecule has 0 saturated heterocycles. The molecule has 1 aliphatic carbocycles. The van der Waals surface area contributed by atoms with E-state index < -0.39 is 5.60 Å². The number of carbonyl (C=O) groups excluding carboxylic acids is 1. The number of fused-ring (bicyclic) bond motifs is 3. The van der Waals surface area contributed by atoms with Crippen LogP contribution in [0, 0.1) is 0 Å². The summed E-state index contributed by atoms with van der Waals surface area (Å²) in [6.45, 7) is 2.85. The van der Waals surface area contributed by atoms with E-state index in [2.05, 4.69) is 17.1 Å². The van der Waals surface area contributed by atoms with E-state index in [0.717, 1.165) is 22.3 Å². The van der Waals surface area contributed by atoms with Gasteiger partial charge >= 0.3 is 0 Å². The summed E-state index contributed by atoms with van der Waals surface area (Å²) in [5.41, 5.74) is 3.47. The van der Waals surface area contributed by atoms with Gasteiger partial charge in [0.05, 0.1) is 11.5 Å². The molecule has 0 bridgehead atoms. The van der Waals surface area contributed by atoms with Gasteiger partial charge in [0.25, 0.3) is 0 Å². The third-order valence-electron chi connectivity index (χ3n) is 4.37. The molecule has 1 radical (unpaired) electrons. The number of aromatic nitrogens is 1. The van der Waals surface area contributed by atoms with E-state index >= 15 is 0 Å². The summed E-state index contributed by atoms with van der Waals surface area (Å²) in [6.07, 6.45) is 2.89. The van der Waals surface area contributed by atoms with Crippen molar-refractivity contribution in [2.45, 2.75) is 19.4 Å². The van der Waals surface area contributed by atoms with Gasteiger partial charge in [-0.2, -0.15) is 0 Å². The first-order chi connectivity index (χ1) is 12.9. The molecule has 0 atom stereocenters. The predicted octanol–water partition coefficient (Wildman–Crippen LogP) is 4.38. The summed E-state index contributed by atoms with van der Waals surface area (Å²) in [4.78, 5) is 14.4. The van der Waals surface area contributed by atoms with Crippen molar-refractivity contribution in [2.75, 3.05) is 0 Å². The van der Waals surface area contributed by atoms with Crippen LogP contribution in [-0.2, 0) is 30.5 Å². The van der Waals surface area contributed by atoms with E-state index in [-0.39, 0.29) is 31.6 Å². The zero-order valence-electron chi connectivity index (χ0n) is 15.6. The van der Waals surface area contributed by atoms with Gasteiger partial charge in [-0.3, -0.25) is 9.78 Å². The number of carbonyl (C=O) groups is 1. The summed E-state index contributed by atoms with van der Waals surface area (Å²) in [7, 11) is 0. The molecule has 2 N–H and O–H groups in total. The summed E-state index contributed by atoms with van der Waals surface area (Å²) in [6, 6.07) is 21.6. The number of hydrogen-bond donors (Lipinski definition) is 2. The molecule has 0 spiro atoms. The van der Waals surface area contributed by atoms with Gasteiger partial charge < -0.3 is 10.2 Å². The Morgan fingerprint density at radius 1 is 0.893 bits per heavy atom. The first-order valence-corrected chi connectivity index (χ1v) is 8.65. The van der Waals surface area contributed by atoms with E-state index in [0.29, 0.717) is 5.69 Å².